The highest BCUT2D eigenvalue weighted by molar-refractivity contribution is 7.48. The highest BCUT2D eigenvalue weighted by Crippen LogP contribution is 2.61. The van der Waals surface area contributed by atoms with Gasteiger partial charge in [0.15, 0.2) is 6.23 Å². The van der Waals surface area contributed by atoms with Crippen molar-refractivity contribution in [2.75, 3.05) is 12.3 Å². The van der Waals surface area contributed by atoms with E-state index in [9.17, 15) is 14.5 Å². The third-order valence-corrected chi connectivity index (χ3v) is 5.87. The van der Waals surface area contributed by atoms with Gasteiger partial charge in [0.25, 0.3) is 0 Å². The average molecular weight is 387 g/mol. The van der Waals surface area contributed by atoms with Gasteiger partial charge in [-0.25, -0.2) is 9.36 Å². The molecule has 0 bridgehead atoms. The van der Waals surface area contributed by atoms with E-state index >= 15 is 0 Å². The number of phosphoric ester groups is 1. The molecule has 2 fully saturated rings. The molecule has 3 rings (SSSR count). The number of aliphatic hydroxyl groups is 1. The van der Waals surface area contributed by atoms with Crippen molar-refractivity contribution < 1.29 is 28.0 Å². The normalized spacial score (nSPS) is 36.9. The van der Waals surface area contributed by atoms with Crippen LogP contribution in [0.15, 0.2) is 29.2 Å². The monoisotopic (exact) mass is 387 g/mol. The van der Waals surface area contributed by atoms with E-state index in [4.69, 9.17) is 24.0 Å². The molecule has 0 radical (unpaired) electrons. The third-order valence-electron chi connectivity index (χ3n) is 4.26. The molecule has 0 amide bonds. The molecule has 0 spiro atoms. The SMILES string of the molecule is C=C(C)[C@@]12COP(=O)(OC(C)C)O[C@H]1[C@@H](O)[C@H](n1ccc(N)nc1=O)O2. The molecule has 11 heteroatoms. The van der Waals surface area contributed by atoms with E-state index in [1.807, 2.05) is 0 Å². The van der Waals surface area contributed by atoms with E-state index in [0.717, 1.165) is 4.57 Å². The summed E-state index contributed by atoms with van der Waals surface area (Å²) in [5, 5.41) is 10.8. The van der Waals surface area contributed by atoms with E-state index in [1.54, 1.807) is 20.8 Å². The second kappa shape index (κ2) is 6.56. The van der Waals surface area contributed by atoms with Gasteiger partial charge in [-0.1, -0.05) is 6.58 Å². The van der Waals surface area contributed by atoms with E-state index < -0.39 is 43.7 Å². The largest absolute Gasteiger partial charge is 0.475 e. The zero-order chi connectivity index (χ0) is 19.3. The van der Waals surface area contributed by atoms with Crippen LogP contribution >= 0.6 is 7.82 Å². The zero-order valence-electron chi connectivity index (χ0n) is 14.7. The second-order valence-corrected chi connectivity index (χ2v) is 8.19. The van der Waals surface area contributed by atoms with Crippen LogP contribution in [0.4, 0.5) is 5.82 Å². The van der Waals surface area contributed by atoms with Crippen LogP contribution in [-0.4, -0.2) is 45.2 Å². The van der Waals surface area contributed by atoms with Crippen LogP contribution in [0.5, 0.6) is 0 Å². The van der Waals surface area contributed by atoms with Crippen LogP contribution in [0.25, 0.3) is 0 Å². The van der Waals surface area contributed by atoms with E-state index in [2.05, 4.69) is 11.6 Å². The predicted molar refractivity (Wildman–Crippen MR) is 91.2 cm³/mol. The van der Waals surface area contributed by atoms with Gasteiger partial charge in [-0.2, -0.15) is 4.98 Å². The number of rotatable bonds is 4. The molecule has 3 N–H and O–H groups in total. The van der Waals surface area contributed by atoms with Crippen molar-refractivity contribution in [3.05, 3.63) is 34.9 Å². The molecule has 2 saturated heterocycles. The standard InChI is InChI=1S/C15H22N3O7P/c1-8(2)15-7-22-26(21,24-9(3)4)25-12(15)11(19)13(23-15)18-6-5-10(16)17-14(18)20/h5-6,9,11-13,19H,1,7H2,2-4H3,(H2,16,17,20)/t11-,12+,13-,15+,26?/m1/s1. The maximum atomic E-state index is 12.7. The zero-order valence-corrected chi connectivity index (χ0v) is 15.6. The Morgan fingerprint density at radius 3 is 2.88 bits per heavy atom. The van der Waals surface area contributed by atoms with Gasteiger partial charge in [-0.3, -0.25) is 18.1 Å². The molecule has 2 aliphatic rings. The number of hydrogen-bond acceptors (Lipinski definition) is 9. The van der Waals surface area contributed by atoms with E-state index in [1.165, 1.54) is 12.3 Å². The van der Waals surface area contributed by atoms with Crippen molar-refractivity contribution in [2.45, 2.75) is 50.9 Å². The molecule has 26 heavy (non-hydrogen) atoms. The van der Waals surface area contributed by atoms with Gasteiger partial charge in [0, 0.05) is 6.20 Å². The van der Waals surface area contributed by atoms with Crippen LogP contribution in [0.3, 0.4) is 0 Å². The maximum absolute atomic E-state index is 12.7. The van der Waals surface area contributed by atoms with Crippen LogP contribution in [0, 0.1) is 0 Å². The summed E-state index contributed by atoms with van der Waals surface area (Å²) in [6.45, 7) is 8.68. The van der Waals surface area contributed by atoms with Crippen molar-refractivity contribution in [1.82, 2.24) is 9.55 Å². The molecular formula is C15H22N3O7P. The Bertz CT molecular complexity index is 826. The van der Waals surface area contributed by atoms with Crippen molar-refractivity contribution in [3.8, 4) is 0 Å². The molecule has 1 unspecified atom stereocenters. The smallest absolute Gasteiger partial charge is 0.386 e. The van der Waals surface area contributed by atoms with Gasteiger partial charge in [-0.05, 0) is 32.4 Å². The molecule has 1 aromatic heterocycles. The minimum Gasteiger partial charge on any atom is -0.386 e. The number of nitrogen functional groups attached to an aromatic ring is 1. The molecule has 1 aromatic rings. The number of aromatic nitrogens is 2. The van der Waals surface area contributed by atoms with Crippen molar-refractivity contribution in [3.63, 3.8) is 0 Å². The number of hydrogen-bond donors (Lipinski definition) is 2. The highest BCUT2D eigenvalue weighted by atomic mass is 31.2. The minimum absolute atomic E-state index is 0.0418. The summed E-state index contributed by atoms with van der Waals surface area (Å²) >= 11 is 0. The lowest BCUT2D eigenvalue weighted by molar-refractivity contribution is -0.127. The fraction of sp³-hybridized carbons (Fsp3) is 0.600. The predicted octanol–water partition coefficient (Wildman–Crippen LogP) is 0.979. The van der Waals surface area contributed by atoms with Crippen LogP contribution in [-0.2, 0) is 22.9 Å². The Labute approximate surface area is 150 Å². The van der Waals surface area contributed by atoms with Crippen molar-refractivity contribution in [1.29, 1.82) is 0 Å². The summed E-state index contributed by atoms with van der Waals surface area (Å²) in [7, 11) is -3.90. The number of nitrogens with two attached hydrogens (primary N) is 1. The Morgan fingerprint density at radius 2 is 2.31 bits per heavy atom. The van der Waals surface area contributed by atoms with E-state index in [0.29, 0.717) is 5.57 Å². The molecule has 3 heterocycles. The first-order valence-electron chi connectivity index (χ1n) is 8.06. The number of fused-ring (bicyclic) bond motifs is 1. The lowest BCUT2D eigenvalue weighted by atomic mass is 9.89. The molecule has 2 aliphatic heterocycles. The van der Waals surface area contributed by atoms with Gasteiger partial charge >= 0.3 is 13.5 Å². The minimum atomic E-state index is -3.90. The van der Waals surface area contributed by atoms with Crippen LogP contribution in [0.1, 0.15) is 27.0 Å². The Kier molecular flexibility index (Phi) is 4.85. The quantitative estimate of drug-likeness (QED) is 0.572. The van der Waals surface area contributed by atoms with Gasteiger partial charge in [-0.15, -0.1) is 0 Å². The first-order chi connectivity index (χ1) is 12.1. The summed E-state index contributed by atoms with van der Waals surface area (Å²) < 4.78 is 35.8. The third kappa shape index (κ3) is 3.13. The fourth-order valence-corrected chi connectivity index (χ4v) is 4.62. The highest BCUT2D eigenvalue weighted by Gasteiger charge is 2.63. The second-order valence-electron chi connectivity index (χ2n) is 6.61. The topological polar surface area (TPSA) is 135 Å². The molecule has 144 valence electrons. The lowest BCUT2D eigenvalue weighted by Gasteiger charge is -2.40. The van der Waals surface area contributed by atoms with Gasteiger partial charge in [0.1, 0.15) is 23.6 Å². The maximum Gasteiger partial charge on any atom is 0.475 e. The van der Waals surface area contributed by atoms with Crippen LogP contribution in [0.2, 0.25) is 0 Å². The van der Waals surface area contributed by atoms with Crippen molar-refractivity contribution in [2.24, 2.45) is 0 Å². The average Bonchev–Trinajstić information content (AvgIpc) is 2.80. The van der Waals surface area contributed by atoms with E-state index in [-0.39, 0.29) is 12.4 Å². The number of aliphatic hydroxyl groups excluding tert-OH is 1. The van der Waals surface area contributed by atoms with Crippen LogP contribution < -0.4 is 11.4 Å². The summed E-state index contributed by atoms with van der Waals surface area (Å²) in [5.41, 5.74) is 3.98. The summed E-state index contributed by atoms with van der Waals surface area (Å²) in [4.78, 5) is 15.8. The molecule has 0 aromatic carbocycles. The van der Waals surface area contributed by atoms with Gasteiger partial charge in [0.05, 0.1) is 12.7 Å². The molecule has 5 atom stereocenters. The fourth-order valence-electron chi connectivity index (χ4n) is 3.01. The summed E-state index contributed by atoms with van der Waals surface area (Å²) in [6.07, 6.45) is -2.66. The number of phosphoric acid groups is 1. The number of nitrogens with zero attached hydrogens (tertiary/aromatic N) is 2. The Balaban J connectivity index is 1.99. The first kappa shape index (κ1) is 19.2. The Morgan fingerprint density at radius 1 is 1.62 bits per heavy atom. The molecular weight excluding hydrogens is 365 g/mol. The van der Waals surface area contributed by atoms with Gasteiger partial charge < -0.3 is 15.6 Å². The molecule has 10 nitrogen and oxygen atoms in total. The number of anilines is 1. The van der Waals surface area contributed by atoms with Crippen molar-refractivity contribution >= 4 is 13.6 Å². The first-order valence-corrected chi connectivity index (χ1v) is 9.52. The molecule has 0 aliphatic carbocycles. The molecule has 0 saturated carbocycles. The Hall–Kier alpha value is -1.55. The number of ether oxygens (including phenoxy) is 1. The lowest BCUT2D eigenvalue weighted by Crippen LogP contribution is -2.51. The van der Waals surface area contributed by atoms with Gasteiger partial charge in [0.2, 0.25) is 0 Å². The summed E-state index contributed by atoms with van der Waals surface area (Å²) in [6, 6.07) is 1.40. The summed E-state index contributed by atoms with van der Waals surface area (Å²) in [5.74, 6) is 0.0418.